The molecule has 0 saturated carbocycles. The molecule has 1 aliphatic rings. The number of hydrogen-bond donors (Lipinski definition) is 1. The Bertz CT molecular complexity index is 590. The highest BCUT2D eigenvalue weighted by Gasteiger charge is 2.43. The zero-order valence-corrected chi connectivity index (χ0v) is 14.6. The minimum Gasteiger partial charge on any atom is -0.497 e. The maximum absolute atomic E-state index is 12.3. The number of rotatable bonds is 4. The van der Waals surface area contributed by atoms with E-state index in [4.69, 9.17) is 9.47 Å². The van der Waals surface area contributed by atoms with Gasteiger partial charge < -0.3 is 14.6 Å². The molecule has 6 heteroatoms. The van der Waals surface area contributed by atoms with Crippen molar-refractivity contribution < 1.29 is 24.2 Å². The number of carboxylic acid groups (broad SMARTS) is 1. The number of amides is 1. The van der Waals surface area contributed by atoms with Crippen molar-refractivity contribution >= 4 is 12.1 Å². The molecule has 1 saturated heterocycles. The van der Waals surface area contributed by atoms with Crippen molar-refractivity contribution in [3.8, 4) is 5.75 Å². The maximum Gasteiger partial charge on any atom is 0.411 e. The van der Waals surface area contributed by atoms with Gasteiger partial charge in [-0.1, -0.05) is 12.1 Å². The van der Waals surface area contributed by atoms with E-state index in [1.54, 1.807) is 27.9 Å². The second kappa shape index (κ2) is 7.11. The summed E-state index contributed by atoms with van der Waals surface area (Å²) in [5.74, 6) is -0.365. The molecule has 0 radical (unpaired) electrons. The third-order valence-corrected chi connectivity index (χ3v) is 4.06. The van der Waals surface area contributed by atoms with Crippen LogP contribution in [0.5, 0.6) is 5.75 Å². The zero-order chi connectivity index (χ0) is 17.9. The van der Waals surface area contributed by atoms with Gasteiger partial charge in [0.1, 0.15) is 17.4 Å². The fourth-order valence-electron chi connectivity index (χ4n) is 2.99. The van der Waals surface area contributed by atoms with Gasteiger partial charge in [-0.15, -0.1) is 0 Å². The Labute approximate surface area is 142 Å². The molecule has 132 valence electrons. The van der Waals surface area contributed by atoms with Gasteiger partial charge in [-0.25, -0.2) is 9.59 Å². The quantitative estimate of drug-likeness (QED) is 0.915. The average molecular weight is 335 g/mol. The molecule has 0 spiro atoms. The molecule has 0 bridgehead atoms. The van der Waals surface area contributed by atoms with Gasteiger partial charge in [-0.3, -0.25) is 4.90 Å². The molecule has 1 aromatic rings. The van der Waals surface area contributed by atoms with Crippen molar-refractivity contribution in [3.63, 3.8) is 0 Å². The molecule has 6 nitrogen and oxygen atoms in total. The van der Waals surface area contributed by atoms with Crippen LogP contribution in [0.25, 0.3) is 0 Å². The standard InChI is InChI=1S/C18H25NO5/c1-18(2,3)24-17(22)19-10-9-13(15(19)16(20)21)11-12-5-7-14(23-4)8-6-12/h5-8,13,15H,9-11H2,1-4H3,(H,20,21)/t13-,15+/m0/s1. The molecule has 1 aliphatic heterocycles. The van der Waals surface area contributed by atoms with Crippen LogP contribution < -0.4 is 4.74 Å². The predicted octanol–water partition coefficient (Wildman–Crippen LogP) is 2.95. The van der Waals surface area contributed by atoms with Crippen molar-refractivity contribution in [2.45, 2.75) is 45.3 Å². The fraction of sp³-hybridized carbons (Fsp3) is 0.556. The van der Waals surface area contributed by atoms with Crippen LogP contribution in [0.15, 0.2) is 24.3 Å². The minimum atomic E-state index is -0.989. The van der Waals surface area contributed by atoms with Gasteiger partial charge in [0.25, 0.3) is 0 Å². The van der Waals surface area contributed by atoms with Crippen molar-refractivity contribution in [3.05, 3.63) is 29.8 Å². The number of likely N-dealkylation sites (tertiary alicyclic amines) is 1. The van der Waals surface area contributed by atoms with Crippen LogP contribution in [-0.4, -0.2) is 47.4 Å². The summed E-state index contributed by atoms with van der Waals surface area (Å²) in [6, 6.07) is 6.70. The van der Waals surface area contributed by atoms with E-state index in [0.717, 1.165) is 11.3 Å². The summed E-state index contributed by atoms with van der Waals surface area (Å²) in [4.78, 5) is 25.3. The van der Waals surface area contributed by atoms with Crippen LogP contribution in [0.2, 0.25) is 0 Å². The number of carbonyl (C=O) groups excluding carboxylic acids is 1. The highest BCUT2D eigenvalue weighted by atomic mass is 16.6. The summed E-state index contributed by atoms with van der Waals surface area (Å²) in [5.41, 5.74) is 0.381. The summed E-state index contributed by atoms with van der Waals surface area (Å²) < 4.78 is 10.5. The normalized spacial score (nSPS) is 20.8. The Hall–Kier alpha value is -2.24. The van der Waals surface area contributed by atoms with Crippen molar-refractivity contribution in [1.29, 1.82) is 0 Å². The third-order valence-electron chi connectivity index (χ3n) is 4.06. The smallest absolute Gasteiger partial charge is 0.411 e. The molecule has 1 fully saturated rings. The van der Waals surface area contributed by atoms with E-state index in [1.165, 1.54) is 4.90 Å². The van der Waals surface area contributed by atoms with Gasteiger partial charge in [0, 0.05) is 6.54 Å². The molecule has 24 heavy (non-hydrogen) atoms. The van der Waals surface area contributed by atoms with Crippen LogP contribution in [0.3, 0.4) is 0 Å². The number of ether oxygens (including phenoxy) is 2. The number of benzene rings is 1. The van der Waals surface area contributed by atoms with Gasteiger partial charge >= 0.3 is 12.1 Å². The van der Waals surface area contributed by atoms with E-state index in [0.29, 0.717) is 19.4 Å². The first-order valence-corrected chi connectivity index (χ1v) is 8.06. The third kappa shape index (κ3) is 4.40. The number of nitrogens with zero attached hydrogens (tertiary/aromatic N) is 1. The van der Waals surface area contributed by atoms with Gasteiger partial charge in [0.05, 0.1) is 7.11 Å². The lowest BCUT2D eigenvalue weighted by atomic mass is 9.92. The molecule has 1 aromatic carbocycles. The second-order valence-corrected chi connectivity index (χ2v) is 7.06. The molecular formula is C18H25NO5. The van der Waals surface area contributed by atoms with Crippen molar-refractivity contribution in [2.24, 2.45) is 5.92 Å². The lowest BCUT2D eigenvalue weighted by Crippen LogP contribution is -2.45. The van der Waals surface area contributed by atoms with E-state index in [-0.39, 0.29) is 5.92 Å². The number of carbonyl (C=O) groups is 2. The topological polar surface area (TPSA) is 76.1 Å². The summed E-state index contributed by atoms with van der Waals surface area (Å²) in [6.07, 6.45) is 0.676. The van der Waals surface area contributed by atoms with Crippen LogP contribution in [0, 0.1) is 5.92 Å². The van der Waals surface area contributed by atoms with Crippen molar-refractivity contribution in [1.82, 2.24) is 4.90 Å². The molecule has 0 aromatic heterocycles. The lowest BCUT2D eigenvalue weighted by molar-refractivity contribution is -0.143. The molecule has 2 rings (SSSR count). The molecule has 1 N–H and O–H groups in total. The van der Waals surface area contributed by atoms with Gasteiger partial charge in [0.2, 0.25) is 0 Å². The molecular weight excluding hydrogens is 310 g/mol. The second-order valence-electron chi connectivity index (χ2n) is 7.06. The molecule has 2 atom stereocenters. The van der Waals surface area contributed by atoms with E-state index in [9.17, 15) is 14.7 Å². The number of aliphatic carboxylic acids is 1. The predicted molar refractivity (Wildman–Crippen MR) is 89.2 cm³/mol. The summed E-state index contributed by atoms with van der Waals surface area (Å²) >= 11 is 0. The van der Waals surface area contributed by atoms with Crippen LogP contribution in [-0.2, 0) is 16.0 Å². The molecule has 1 amide bonds. The molecule has 1 heterocycles. The fourth-order valence-corrected chi connectivity index (χ4v) is 2.99. The number of hydrogen-bond acceptors (Lipinski definition) is 4. The largest absolute Gasteiger partial charge is 0.497 e. The molecule has 0 unspecified atom stereocenters. The van der Waals surface area contributed by atoms with E-state index in [2.05, 4.69) is 0 Å². The van der Waals surface area contributed by atoms with Gasteiger partial charge in [-0.05, 0) is 57.2 Å². The maximum atomic E-state index is 12.3. The summed E-state index contributed by atoms with van der Waals surface area (Å²) in [7, 11) is 1.60. The zero-order valence-electron chi connectivity index (χ0n) is 14.6. The minimum absolute atomic E-state index is 0.136. The van der Waals surface area contributed by atoms with Gasteiger partial charge in [0.15, 0.2) is 0 Å². The number of carboxylic acids is 1. The Balaban J connectivity index is 2.10. The number of methoxy groups -OCH3 is 1. The Morgan fingerprint density at radius 3 is 2.38 bits per heavy atom. The van der Waals surface area contributed by atoms with Crippen LogP contribution in [0.4, 0.5) is 4.79 Å². The van der Waals surface area contributed by atoms with Gasteiger partial charge in [-0.2, -0.15) is 0 Å². The summed E-state index contributed by atoms with van der Waals surface area (Å²) in [5, 5.41) is 9.59. The highest BCUT2D eigenvalue weighted by Crippen LogP contribution is 2.30. The first kappa shape index (κ1) is 18.1. The lowest BCUT2D eigenvalue weighted by Gasteiger charge is -2.28. The van der Waals surface area contributed by atoms with Crippen molar-refractivity contribution in [2.75, 3.05) is 13.7 Å². The first-order valence-electron chi connectivity index (χ1n) is 8.06. The van der Waals surface area contributed by atoms with E-state index >= 15 is 0 Å². The first-order chi connectivity index (χ1) is 11.2. The van der Waals surface area contributed by atoms with E-state index in [1.807, 2.05) is 24.3 Å². The SMILES string of the molecule is COc1ccc(C[C@@H]2CCN(C(=O)OC(C)(C)C)[C@H]2C(=O)O)cc1. The molecule has 0 aliphatic carbocycles. The monoisotopic (exact) mass is 335 g/mol. The van der Waals surface area contributed by atoms with Crippen LogP contribution >= 0.6 is 0 Å². The Kier molecular flexibility index (Phi) is 5.36. The average Bonchev–Trinajstić information content (AvgIpc) is 2.90. The summed E-state index contributed by atoms with van der Waals surface area (Å²) in [6.45, 7) is 5.70. The van der Waals surface area contributed by atoms with Crippen LogP contribution in [0.1, 0.15) is 32.8 Å². The van der Waals surface area contributed by atoms with E-state index < -0.39 is 23.7 Å². The Morgan fingerprint density at radius 1 is 1.25 bits per heavy atom. The highest BCUT2D eigenvalue weighted by molar-refractivity contribution is 5.81. The Morgan fingerprint density at radius 2 is 1.88 bits per heavy atom.